The minimum Gasteiger partial charge on any atom is -0.0737 e. The third-order valence-corrected chi connectivity index (χ3v) is 4.65. The van der Waals surface area contributed by atoms with Crippen LogP contribution in [0.15, 0.2) is 0 Å². The van der Waals surface area contributed by atoms with E-state index in [1.165, 1.54) is 19.3 Å². The minimum absolute atomic E-state index is 1.14. The van der Waals surface area contributed by atoms with Gasteiger partial charge < -0.3 is 0 Å². The normalized spacial score (nSPS) is 31.9. The van der Waals surface area contributed by atoms with Crippen molar-refractivity contribution in [3.63, 3.8) is 0 Å². The SMILES string of the molecule is CCCCCB1C2CCCC1CCC2. The second-order valence-electron chi connectivity index (χ2n) is 5.54. The molecule has 0 atom stereocenters. The van der Waals surface area contributed by atoms with Crippen LogP contribution in [0.1, 0.15) is 64.7 Å². The fourth-order valence-electron chi connectivity index (χ4n) is 3.92. The average molecular weight is 192 g/mol. The lowest BCUT2D eigenvalue weighted by molar-refractivity contribution is 0.440. The van der Waals surface area contributed by atoms with Crippen molar-refractivity contribution in [2.75, 3.05) is 0 Å². The van der Waals surface area contributed by atoms with Gasteiger partial charge in [-0.05, 0) is 0 Å². The van der Waals surface area contributed by atoms with Gasteiger partial charge in [0.1, 0.15) is 6.71 Å². The summed E-state index contributed by atoms with van der Waals surface area (Å²) in [6.45, 7) is 3.46. The van der Waals surface area contributed by atoms with Crippen LogP contribution < -0.4 is 0 Å². The Balaban J connectivity index is 1.82. The molecule has 14 heavy (non-hydrogen) atoms. The molecule has 0 amide bonds. The first-order chi connectivity index (χ1) is 6.92. The first-order valence-electron chi connectivity index (χ1n) is 6.92. The third kappa shape index (κ3) is 2.35. The summed E-state index contributed by atoms with van der Waals surface area (Å²) in [5.74, 6) is 2.28. The fraction of sp³-hybridized carbons (Fsp3) is 1.00. The molecule has 2 rings (SSSR count). The van der Waals surface area contributed by atoms with Gasteiger partial charge in [0.2, 0.25) is 0 Å². The molecule has 2 saturated heterocycles. The molecular formula is C13H25B. The Morgan fingerprint density at radius 1 is 0.929 bits per heavy atom. The smallest absolute Gasteiger partial charge is 0.0737 e. The van der Waals surface area contributed by atoms with Crippen molar-refractivity contribution in [1.82, 2.24) is 0 Å². The van der Waals surface area contributed by atoms with Crippen LogP contribution in [-0.4, -0.2) is 6.71 Å². The number of unbranched alkanes of at least 4 members (excludes halogenated alkanes) is 2. The zero-order chi connectivity index (χ0) is 9.80. The molecule has 1 heteroatoms. The number of hydrogen-bond donors (Lipinski definition) is 0. The summed E-state index contributed by atoms with van der Waals surface area (Å²) >= 11 is 0. The lowest BCUT2D eigenvalue weighted by Crippen LogP contribution is -2.34. The maximum absolute atomic E-state index is 2.32. The van der Waals surface area contributed by atoms with Crippen LogP contribution in [0.3, 0.4) is 0 Å². The molecule has 2 aliphatic rings. The summed E-state index contributed by atoms with van der Waals surface area (Å²) in [5, 5.41) is 0. The maximum Gasteiger partial charge on any atom is 0.146 e. The van der Waals surface area contributed by atoms with E-state index < -0.39 is 0 Å². The highest BCUT2D eigenvalue weighted by atomic mass is 14.2. The molecule has 0 aromatic carbocycles. The summed E-state index contributed by atoms with van der Waals surface area (Å²) in [6, 6.07) is 0. The highest BCUT2D eigenvalue weighted by Gasteiger charge is 2.37. The Morgan fingerprint density at radius 2 is 1.50 bits per heavy atom. The first-order valence-corrected chi connectivity index (χ1v) is 6.92. The quantitative estimate of drug-likeness (QED) is 0.444. The Morgan fingerprint density at radius 3 is 2.00 bits per heavy atom. The van der Waals surface area contributed by atoms with Gasteiger partial charge in [-0.15, -0.1) is 0 Å². The molecule has 0 saturated carbocycles. The molecule has 0 radical (unpaired) electrons. The molecule has 0 unspecified atom stereocenters. The van der Waals surface area contributed by atoms with E-state index in [0.29, 0.717) is 0 Å². The van der Waals surface area contributed by atoms with Crippen molar-refractivity contribution < 1.29 is 0 Å². The summed E-state index contributed by atoms with van der Waals surface area (Å²) < 4.78 is 0. The van der Waals surface area contributed by atoms with E-state index in [1.807, 2.05) is 0 Å². The average Bonchev–Trinajstić information content (AvgIpc) is 2.17. The van der Waals surface area contributed by atoms with Crippen molar-refractivity contribution in [2.24, 2.45) is 0 Å². The van der Waals surface area contributed by atoms with Gasteiger partial charge in [-0.25, -0.2) is 0 Å². The first kappa shape index (κ1) is 10.6. The molecule has 0 aromatic heterocycles. The number of rotatable bonds is 4. The molecule has 2 bridgehead atoms. The number of hydrogen-bond acceptors (Lipinski definition) is 0. The molecule has 0 N–H and O–H groups in total. The van der Waals surface area contributed by atoms with Crippen LogP contribution in [-0.2, 0) is 0 Å². The van der Waals surface area contributed by atoms with Gasteiger partial charge in [0.25, 0.3) is 0 Å². The summed E-state index contributed by atoms with van der Waals surface area (Å²) in [4.78, 5) is 0. The highest BCUT2D eigenvalue weighted by Crippen LogP contribution is 2.48. The predicted octanol–water partition coefficient (Wildman–Crippen LogP) is 4.78. The third-order valence-electron chi connectivity index (χ3n) is 4.65. The lowest BCUT2D eigenvalue weighted by Gasteiger charge is -2.40. The second-order valence-corrected chi connectivity index (χ2v) is 5.54. The number of fused-ring (bicyclic) bond motifs is 2. The van der Waals surface area contributed by atoms with Crippen LogP contribution in [0.25, 0.3) is 0 Å². The molecule has 80 valence electrons. The molecule has 0 nitrogen and oxygen atoms in total. The van der Waals surface area contributed by atoms with E-state index >= 15 is 0 Å². The Hall–Kier alpha value is 0.0649. The topological polar surface area (TPSA) is 0 Å². The van der Waals surface area contributed by atoms with Crippen LogP contribution >= 0.6 is 0 Å². The van der Waals surface area contributed by atoms with Gasteiger partial charge in [-0.3, -0.25) is 0 Å². The largest absolute Gasteiger partial charge is 0.146 e. The van der Waals surface area contributed by atoms with Gasteiger partial charge in [-0.1, -0.05) is 82.7 Å². The van der Waals surface area contributed by atoms with Gasteiger partial charge >= 0.3 is 0 Å². The Labute approximate surface area is 89.9 Å². The van der Waals surface area contributed by atoms with Crippen molar-refractivity contribution in [3.8, 4) is 0 Å². The van der Waals surface area contributed by atoms with E-state index in [-0.39, 0.29) is 0 Å². The van der Waals surface area contributed by atoms with Crippen molar-refractivity contribution in [2.45, 2.75) is 82.7 Å². The monoisotopic (exact) mass is 192 g/mol. The predicted molar refractivity (Wildman–Crippen MR) is 65.3 cm³/mol. The van der Waals surface area contributed by atoms with Gasteiger partial charge in [0.15, 0.2) is 0 Å². The fourth-order valence-corrected chi connectivity index (χ4v) is 3.92. The maximum atomic E-state index is 2.32. The van der Waals surface area contributed by atoms with E-state index in [9.17, 15) is 0 Å². The molecule has 2 fully saturated rings. The highest BCUT2D eigenvalue weighted by molar-refractivity contribution is 6.62. The van der Waals surface area contributed by atoms with Crippen LogP contribution in [0.2, 0.25) is 18.0 Å². The van der Waals surface area contributed by atoms with Crippen LogP contribution in [0, 0.1) is 0 Å². The van der Waals surface area contributed by atoms with Crippen LogP contribution in [0.4, 0.5) is 0 Å². The Kier molecular flexibility index (Phi) is 3.95. The molecule has 0 spiro atoms. The second kappa shape index (κ2) is 5.23. The molecular weight excluding hydrogens is 167 g/mol. The van der Waals surface area contributed by atoms with Crippen molar-refractivity contribution in [1.29, 1.82) is 0 Å². The molecule has 2 aliphatic heterocycles. The summed E-state index contributed by atoms with van der Waals surface area (Å²) in [6.07, 6.45) is 15.3. The molecule has 0 aliphatic carbocycles. The van der Waals surface area contributed by atoms with Gasteiger partial charge in [-0.2, -0.15) is 0 Å². The Bertz CT molecular complexity index is 145. The summed E-state index contributed by atoms with van der Waals surface area (Å²) in [5.41, 5.74) is 0. The van der Waals surface area contributed by atoms with Gasteiger partial charge in [0, 0.05) is 0 Å². The van der Waals surface area contributed by atoms with E-state index in [1.54, 1.807) is 44.8 Å². The van der Waals surface area contributed by atoms with E-state index in [0.717, 1.165) is 18.3 Å². The minimum atomic E-state index is 1.14. The zero-order valence-corrected chi connectivity index (χ0v) is 9.80. The van der Waals surface area contributed by atoms with Crippen molar-refractivity contribution >= 4 is 6.71 Å². The molecule has 2 heterocycles. The molecule has 0 aromatic rings. The van der Waals surface area contributed by atoms with E-state index in [2.05, 4.69) is 6.92 Å². The van der Waals surface area contributed by atoms with Crippen LogP contribution in [0.5, 0.6) is 0 Å². The van der Waals surface area contributed by atoms with E-state index in [4.69, 9.17) is 0 Å². The van der Waals surface area contributed by atoms with Crippen molar-refractivity contribution in [3.05, 3.63) is 0 Å². The summed E-state index contributed by atoms with van der Waals surface area (Å²) in [7, 11) is 0. The zero-order valence-electron chi connectivity index (χ0n) is 9.80. The standard InChI is InChI=1S/C13H25B/c1-2-3-4-11-14-12-7-5-8-13(14)10-6-9-12/h12-13H,2-11H2,1H3. The lowest BCUT2D eigenvalue weighted by atomic mass is 9.26. The van der Waals surface area contributed by atoms with Gasteiger partial charge in [0.05, 0.1) is 0 Å².